The van der Waals surface area contributed by atoms with E-state index in [1.165, 1.54) is 13.3 Å². The molecule has 0 aliphatic heterocycles. The Morgan fingerprint density at radius 3 is 2.74 bits per heavy atom. The van der Waals surface area contributed by atoms with Gasteiger partial charge >= 0.3 is 0 Å². The number of hydrogen-bond donors (Lipinski definition) is 1. The van der Waals surface area contributed by atoms with Crippen molar-refractivity contribution in [3.63, 3.8) is 0 Å². The van der Waals surface area contributed by atoms with Gasteiger partial charge in [-0.1, -0.05) is 11.6 Å². The van der Waals surface area contributed by atoms with Crippen molar-refractivity contribution in [3.8, 4) is 5.75 Å². The van der Waals surface area contributed by atoms with Crippen LogP contribution >= 0.6 is 11.6 Å². The predicted octanol–water partition coefficient (Wildman–Crippen LogP) is 2.60. The Morgan fingerprint density at radius 2 is 2.11 bits per heavy atom. The molecule has 2 aromatic heterocycles. The van der Waals surface area contributed by atoms with Gasteiger partial charge in [-0.3, -0.25) is 9.67 Å². The maximum atomic E-state index is 10.6. The first-order chi connectivity index (χ1) is 9.06. The molecule has 0 fully saturated rings. The van der Waals surface area contributed by atoms with E-state index in [1.54, 1.807) is 23.1 Å². The molecule has 0 aliphatic carbocycles. The topological polar surface area (TPSA) is 60.2 Å². The molecule has 0 amide bonds. The van der Waals surface area contributed by atoms with E-state index < -0.39 is 6.10 Å². The standard InChI is InChI=1S/C13H16ClN3O2/c1-8(2)17-12(10(14)6-16-17)13(18)9-4-5-15-7-11(9)19-3/h4-8,13,18H,1-3H3. The second-order valence-corrected chi connectivity index (χ2v) is 4.84. The summed E-state index contributed by atoms with van der Waals surface area (Å²) in [6.07, 6.45) is 3.79. The van der Waals surface area contributed by atoms with E-state index in [-0.39, 0.29) is 6.04 Å². The molecule has 2 rings (SSSR count). The van der Waals surface area contributed by atoms with E-state index >= 15 is 0 Å². The minimum Gasteiger partial charge on any atom is -0.495 e. The maximum Gasteiger partial charge on any atom is 0.143 e. The summed E-state index contributed by atoms with van der Waals surface area (Å²) in [5.74, 6) is 0.516. The number of ether oxygens (including phenoxy) is 1. The lowest BCUT2D eigenvalue weighted by Gasteiger charge is -2.18. The molecule has 6 heteroatoms. The highest BCUT2D eigenvalue weighted by molar-refractivity contribution is 6.31. The Labute approximate surface area is 116 Å². The first kappa shape index (κ1) is 13.8. The molecule has 1 N–H and O–H groups in total. The first-order valence-corrected chi connectivity index (χ1v) is 6.33. The van der Waals surface area contributed by atoms with E-state index in [9.17, 15) is 5.11 Å². The molecule has 0 bridgehead atoms. The van der Waals surface area contributed by atoms with E-state index in [2.05, 4.69) is 10.1 Å². The quantitative estimate of drug-likeness (QED) is 0.936. The van der Waals surface area contributed by atoms with Crippen molar-refractivity contribution >= 4 is 11.6 Å². The molecule has 0 radical (unpaired) electrons. The van der Waals surface area contributed by atoms with Gasteiger partial charge in [-0.05, 0) is 19.9 Å². The van der Waals surface area contributed by atoms with Crippen LogP contribution in [-0.2, 0) is 0 Å². The van der Waals surface area contributed by atoms with Gasteiger partial charge in [-0.25, -0.2) is 0 Å². The summed E-state index contributed by atoms with van der Waals surface area (Å²) in [6, 6.07) is 1.81. The summed E-state index contributed by atoms with van der Waals surface area (Å²) in [6.45, 7) is 3.95. The number of pyridine rings is 1. The number of aliphatic hydroxyl groups excluding tert-OH is 1. The van der Waals surface area contributed by atoms with Gasteiger partial charge in [0.15, 0.2) is 0 Å². The van der Waals surface area contributed by atoms with Gasteiger partial charge < -0.3 is 9.84 Å². The number of aliphatic hydroxyl groups is 1. The molecule has 2 heterocycles. The lowest BCUT2D eigenvalue weighted by Crippen LogP contribution is -2.13. The van der Waals surface area contributed by atoms with Gasteiger partial charge in [0, 0.05) is 17.8 Å². The fraction of sp³-hybridized carbons (Fsp3) is 0.385. The number of rotatable bonds is 4. The summed E-state index contributed by atoms with van der Waals surface area (Å²) >= 11 is 6.13. The number of halogens is 1. The third-order valence-corrected chi connectivity index (χ3v) is 3.16. The van der Waals surface area contributed by atoms with Crippen LogP contribution in [0.5, 0.6) is 5.75 Å². The van der Waals surface area contributed by atoms with Crippen molar-refractivity contribution in [3.05, 3.63) is 40.9 Å². The van der Waals surface area contributed by atoms with Crippen molar-refractivity contribution in [2.24, 2.45) is 0 Å². The van der Waals surface area contributed by atoms with Crippen LogP contribution in [-0.4, -0.2) is 27.0 Å². The summed E-state index contributed by atoms with van der Waals surface area (Å²) in [5.41, 5.74) is 1.17. The molecule has 2 aromatic rings. The van der Waals surface area contributed by atoms with Gasteiger partial charge in [0.1, 0.15) is 11.9 Å². The average Bonchev–Trinajstić information content (AvgIpc) is 2.80. The zero-order valence-corrected chi connectivity index (χ0v) is 11.8. The molecule has 0 aliphatic rings. The number of aromatic nitrogens is 3. The van der Waals surface area contributed by atoms with Crippen LogP contribution < -0.4 is 4.74 Å². The summed E-state index contributed by atoms with van der Waals surface area (Å²) in [4.78, 5) is 3.97. The van der Waals surface area contributed by atoms with E-state index in [0.29, 0.717) is 22.0 Å². The highest BCUT2D eigenvalue weighted by atomic mass is 35.5. The Morgan fingerprint density at radius 1 is 1.37 bits per heavy atom. The highest BCUT2D eigenvalue weighted by Gasteiger charge is 2.23. The zero-order valence-electron chi connectivity index (χ0n) is 11.0. The zero-order chi connectivity index (χ0) is 14.0. The van der Waals surface area contributed by atoms with E-state index in [4.69, 9.17) is 16.3 Å². The molecule has 102 valence electrons. The van der Waals surface area contributed by atoms with Crippen molar-refractivity contribution < 1.29 is 9.84 Å². The second kappa shape index (κ2) is 5.59. The number of methoxy groups -OCH3 is 1. The molecule has 5 nitrogen and oxygen atoms in total. The van der Waals surface area contributed by atoms with Gasteiger partial charge in [0.2, 0.25) is 0 Å². The van der Waals surface area contributed by atoms with Gasteiger partial charge in [0.05, 0.1) is 30.2 Å². The van der Waals surface area contributed by atoms with Gasteiger partial charge in [-0.2, -0.15) is 5.10 Å². The van der Waals surface area contributed by atoms with Crippen molar-refractivity contribution in [2.75, 3.05) is 7.11 Å². The fourth-order valence-electron chi connectivity index (χ4n) is 1.95. The summed E-state index contributed by atoms with van der Waals surface area (Å²) in [5, 5.41) is 15.2. The molecule has 1 atom stereocenters. The molecule has 19 heavy (non-hydrogen) atoms. The smallest absolute Gasteiger partial charge is 0.143 e. The summed E-state index contributed by atoms with van der Waals surface area (Å²) in [7, 11) is 1.54. The third kappa shape index (κ3) is 2.57. The molecular weight excluding hydrogens is 266 g/mol. The van der Waals surface area contributed by atoms with Crippen molar-refractivity contribution in [1.82, 2.24) is 14.8 Å². The van der Waals surface area contributed by atoms with Crippen LogP contribution in [0, 0.1) is 0 Å². The maximum absolute atomic E-state index is 10.6. The monoisotopic (exact) mass is 281 g/mol. The Bertz CT molecular complexity index is 569. The Hall–Kier alpha value is -1.59. The lowest BCUT2D eigenvalue weighted by molar-refractivity contribution is 0.200. The number of hydrogen-bond acceptors (Lipinski definition) is 4. The molecule has 0 spiro atoms. The Balaban J connectivity index is 2.50. The minimum atomic E-state index is -0.907. The average molecular weight is 282 g/mol. The lowest BCUT2D eigenvalue weighted by atomic mass is 10.1. The van der Waals surface area contributed by atoms with Crippen LogP contribution in [0.4, 0.5) is 0 Å². The summed E-state index contributed by atoms with van der Waals surface area (Å²) < 4.78 is 6.91. The normalized spacial score (nSPS) is 12.7. The SMILES string of the molecule is COc1cnccc1C(O)c1c(Cl)cnn1C(C)C. The van der Waals surface area contributed by atoms with Crippen LogP contribution in [0.2, 0.25) is 5.02 Å². The van der Waals surface area contributed by atoms with Crippen LogP contribution in [0.25, 0.3) is 0 Å². The Kier molecular flexibility index (Phi) is 4.07. The van der Waals surface area contributed by atoms with Gasteiger partial charge in [0.25, 0.3) is 0 Å². The minimum absolute atomic E-state index is 0.102. The largest absolute Gasteiger partial charge is 0.495 e. The molecule has 0 saturated carbocycles. The number of nitrogens with zero attached hydrogens (tertiary/aromatic N) is 3. The van der Waals surface area contributed by atoms with E-state index in [0.717, 1.165) is 0 Å². The van der Waals surface area contributed by atoms with Gasteiger partial charge in [-0.15, -0.1) is 0 Å². The molecule has 0 aromatic carbocycles. The van der Waals surface area contributed by atoms with E-state index in [1.807, 2.05) is 13.8 Å². The van der Waals surface area contributed by atoms with Crippen LogP contribution in [0.15, 0.2) is 24.7 Å². The second-order valence-electron chi connectivity index (χ2n) is 4.44. The van der Waals surface area contributed by atoms with Crippen LogP contribution in [0.1, 0.15) is 37.3 Å². The van der Waals surface area contributed by atoms with Crippen LogP contribution in [0.3, 0.4) is 0 Å². The molecular formula is C13H16ClN3O2. The highest BCUT2D eigenvalue weighted by Crippen LogP contribution is 2.33. The predicted molar refractivity (Wildman–Crippen MR) is 72.5 cm³/mol. The van der Waals surface area contributed by atoms with Crippen molar-refractivity contribution in [2.45, 2.75) is 26.0 Å². The third-order valence-electron chi connectivity index (χ3n) is 2.87. The fourth-order valence-corrected chi connectivity index (χ4v) is 2.19. The first-order valence-electron chi connectivity index (χ1n) is 5.95. The molecule has 1 unspecified atom stereocenters. The molecule has 0 saturated heterocycles. The van der Waals surface area contributed by atoms with Crippen molar-refractivity contribution in [1.29, 1.82) is 0 Å².